The van der Waals surface area contributed by atoms with Crippen molar-refractivity contribution >= 4 is 11.6 Å². The van der Waals surface area contributed by atoms with Crippen LogP contribution in [0.15, 0.2) is 18.2 Å². The van der Waals surface area contributed by atoms with Gasteiger partial charge >= 0.3 is 0 Å². The van der Waals surface area contributed by atoms with E-state index >= 15 is 0 Å². The summed E-state index contributed by atoms with van der Waals surface area (Å²) in [4.78, 5) is 6.73. The van der Waals surface area contributed by atoms with Gasteiger partial charge in [-0.1, -0.05) is 13.0 Å². The van der Waals surface area contributed by atoms with Crippen LogP contribution >= 0.6 is 0 Å². The standard InChI is InChI=1S/C12H19N3/c1-2-8-15(9-10-6-7-10)12-5-3-4-11(13)14-12/h3-5,10H,2,6-9H2,1H3,(H2,13,14). The summed E-state index contributed by atoms with van der Waals surface area (Å²) in [6.07, 6.45) is 3.91. The Kier molecular flexibility index (Phi) is 3.09. The molecule has 0 bridgehead atoms. The van der Waals surface area contributed by atoms with Crippen LogP contribution in [-0.2, 0) is 0 Å². The first kappa shape index (κ1) is 10.3. The second-order valence-electron chi connectivity index (χ2n) is 4.31. The number of nitrogens with zero attached hydrogens (tertiary/aromatic N) is 2. The SMILES string of the molecule is CCCN(CC1CC1)c1cccc(N)n1. The molecule has 0 aliphatic heterocycles. The third-order valence-corrected chi connectivity index (χ3v) is 2.75. The summed E-state index contributed by atoms with van der Waals surface area (Å²) in [5, 5.41) is 0. The van der Waals surface area contributed by atoms with Gasteiger partial charge in [0.1, 0.15) is 11.6 Å². The largest absolute Gasteiger partial charge is 0.384 e. The molecule has 1 aromatic rings. The molecule has 15 heavy (non-hydrogen) atoms. The third kappa shape index (κ3) is 2.85. The first-order chi connectivity index (χ1) is 7.29. The summed E-state index contributed by atoms with van der Waals surface area (Å²) >= 11 is 0. The zero-order valence-corrected chi connectivity index (χ0v) is 9.32. The number of hydrogen-bond donors (Lipinski definition) is 1. The number of nitrogens with two attached hydrogens (primary N) is 1. The van der Waals surface area contributed by atoms with Gasteiger partial charge in [0.25, 0.3) is 0 Å². The van der Waals surface area contributed by atoms with Crippen molar-refractivity contribution in [1.82, 2.24) is 4.98 Å². The summed E-state index contributed by atoms with van der Waals surface area (Å²) in [6, 6.07) is 5.87. The van der Waals surface area contributed by atoms with Crippen molar-refractivity contribution in [2.45, 2.75) is 26.2 Å². The smallest absolute Gasteiger partial charge is 0.130 e. The summed E-state index contributed by atoms with van der Waals surface area (Å²) < 4.78 is 0. The molecule has 0 atom stereocenters. The van der Waals surface area contributed by atoms with Crippen molar-refractivity contribution in [3.63, 3.8) is 0 Å². The highest BCUT2D eigenvalue weighted by Crippen LogP contribution is 2.31. The summed E-state index contributed by atoms with van der Waals surface area (Å²) in [6.45, 7) is 4.42. The van der Waals surface area contributed by atoms with Gasteiger partial charge in [0.15, 0.2) is 0 Å². The first-order valence-electron chi connectivity index (χ1n) is 5.77. The number of aromatic nitrogens is 1. The van der Waals surface area contributed by atoms with Crippen LogP contribution < -0.4 is 10.6 Å². The van der Waals surface area contributed by atoms with Crippen molar-refractivity contribution in [3.05, 3.63) is 18.2 Å². The molecule has 0 unspecified atom stereocenters. The third-order valence-electron chi connectivity index (χ3n) is 2.75. The predicted octanol–water partition coefficient (Wildman–Crippen LogP) is 2.29. The van der Waals surface area contributed by atoms with Crippen molar-refractivity contribution in [2.24, 2.45) is 5.92 Å². The fourth-order valence-electron chi connectivity index (χ4n) is 1.80. The lowest BCUT2D eigenvalue weighted by molar-refractivity contribution is 0.700. The topological polar surface area (TPSA) is 42.1 Å². The van der Waals surface area contributed by atoms with E-state index in [1.54, 1.807) is 0 Å². The Labute approximate surface area is 91.3 Å². The van der Waals surface area contributed by atoms with Crippen LogP contribution in [0.2, 0.25) is 0 Å². The van der Waals surface area contributed by atoms with E-state index in [0.29, 0.717) is 5.82 Å². The molecule has 0 radical (unpaired) electrons. The van der Waals surface area contributed by atoms with Gasteiger partial charge in [0.05, 0.1) is 0 Å². The van der Waals surface area contributed by atoms with Crippen LogP contribution in [0.5, 0.6) is 0 Å². The lowest BCUT2D eigenvalue weighted by Crippen LogP contribution is -2.27. The average molecular weight is 205 g/mol. The van der Waals surface area contributed by atoms with E-state index in [0.717, 1.165) is 31.2 Å². The maximum absolute atomic E-state index is 5.70. The van der Waals surface area contributed by atoms with E-state index < -0.39 is 0 Å². The highest BCUT2D eigenvalue weighted by Gasteiger charge is 2.24. The molecule has 1 saturated carbocycles. The molecule has 2 rings (SSSR count). The molecule has 3 nitrogen and oxygen atoms in total. The number of hydrogen-bond acceptors (Lipinski definition) is 3. The van der Waals surface area contributed by atoms with E-state index in [4.69, 9.17) is 5.73 Å². The Balaban J connectivity index is 2.07. The lowest BCUT2D eigenvalue weighted by atomic mass is 10.3. The Bertz CT molecular complexity index is 320. The maximum Gasteiger partial charge on any atom is 0.130 e. The predicted molar refractivity (Wildman–Crippen MR) is 63.9 cm³/mol. The zero-order chi connectivity index (χ0) is 10.7. The van der Waals surface area contributed by atoms with Crippen LogP contribution in [0.1, 0.15) is 26.2 Å². The Morgan fingerprint density at radius 2 is 2.27 bits per heavy atom. The first-order valence-corrected chi connectivity index (χ1v) is 5.77. The van der Waals surface area contributed by atoms with Gasteiger partial charge in [-0.15, -0.1) is 0 Å². The van der Waals surface area contributed by atoms with Crippen molar-refractivity contribution in [1.29, 1.82) is 0 Å². The molecular formula is C12H19N3. The second kappa shape index (κ2) is 4.51. The van der Waals surface area contributed by atoms with Crippen LogP contribution in [0.25, 0.3) is 0 Å². The van der Waals surface area contributed by atoms with Crippen LogP contribution in [0, 0.1) is 5.92 Å². The Morgan fingerprint density at radius 1 is 1.47 bits per heavy atom. The minimum Gasteiger partial charge on any atom is -0.384 e. The maximum atomic E-state index is 5.70. The molecule has 0 aromatic carbocycles. The minimum atomic E-state index is 0.615. The highest BCUT2D eigenvalue weighted by molar-refractivity contribution is 5.44. The van der Waals surface area contributed by atoms with Gasteiger partial charge in [-0.25, -0.2) is 4.98 Å². The fourth-order valence-corrected chi connectivity index (χ4v) is 1.80. The minimum absolute atomic E-state index is 0.615. The van der Waals surface area contributed by atoms with E-state index in [2.05, 4.69) is 22.9 Å². The van der Waals surface area contributed by atoms with Crippen molar-refractivity contribution in [3.8, 4) is 0 Å². The molecule has 1 aromatic heterocycles. The van der Waals surface area contributed by atoms with Gasteiger partial charge in [-0.2, -0.15) is 0 Å². The van der Waals surface area contributed by atoms with Gasteiger partial charge < -0.3 is 10.6 Å². The number of pyridine rings is 1. The van der Waals surface area contributed by atoms with E-state index in [-0.39, 0.29) is 0 Å². The lowest BCUT2D eigenvalue weighted by Gasteiger charge is -2.23. The normalized spacial score (nSPS) is 15.3. The van der Waals surface area contributed by atoms with Crippen molar-refractivity contribution in [2.75, 3.05) is 23.7 Å². The fraction of sp³-hybridized carbons (Fsp3) is 0.583. The molecule has 82 valence electrons. The van der Waals surface area contributed by atoms with Gasteiger partial charge in [0.2, 0.25) is 0 Å². The molecule has 0 spiro atoms. The summed E-state index contributed by atoms with van der Waals surface area (Å²) in [7, 11) is 0. The van der Waals surface area contributed by atoms with Crippen LogP contribution in [0.3, 0.4) is 0 Å². The quantitative estimate of drug-likeness (QED) is 0.802. The van der Waals surface area contributed by atoms with E-state index in [9.17, 15) is 0 Å². The molecule has 3 heteroatoms. The van der Waals surface area contributed by atoms with Crippen LogP contribution in [0.4, 0.5) is 11.6 Å². The number of rotatable bonds is 5. The molecular weight excluding hydrogens is 186 g/mol. The van der Waals surface area contributed by atoms with Gasteiger partial charge in [-0.05, 0) is 37.3 Å². The van der Waals surface area contributed by atoms with Gasteiger partial charge in [0, 0.05) is 13.1 Å². The van der Waals surface area contributed by atoms with Crippen LogP contribution in [-0.4, -0.2) is 18.1 Å². The Hall–Kier alpha value is -1.25. The van der Waals surface area contributed by atoms with Gasteiger partial charge in [-0.3, -0.25) is 0 Å². The molecule has 1 heterocycles. The van der Waals surface area contributed by atoms with E-state index in [1.807, 2.05) is 12.1 Å². The summed E-state index contributed by atoms with van der Waals surface area (Å²) in [5.74, 6) is 2.54. The van der Waals surface area contributed by atoms with Crippen molar-refractivity contribution < 1.29 is 0 Å². The van der Waals surface area contributed by atoms with E-state index in [1.165, 1.54) is 12.8 Å². The molecule has 0 saturated heterocycles. The molecule has 1 aliphatic carbocycles. The molecule has 2 N–H and O–H groups in total. The number of nitrogen functional groups attached to an aromatic ring is 1. The monoisotopic (exact) mass is 205 g/mol. The molecule has 0 amide bonds. The number of anilines is 2. The highest BCUT2D eigenvalue weighted by atomic mass is 15.2. The Morgan fingerprint density at radius 3 is 2.87 bits per heavy atom. The average Bonchev–Trinajstić information content (AvgIpc) is 3.01. The summed E-state index contributed by atoms with van der Waals surface area (Å²) in [5.41, 5.74) is 5.70. The molecule has 1 fully saturated rings. The molecule has 1 aliphatic rings. The second-order valence-corrected chi connectivity index (χ2v) is 4.31. The zero-order valence-electron chi connectivity index (χ0n) is 9.32.